The molecule has 2 heterocycles. The molecule has 2 aliphatic carbocycles. The Bertz CT molecular complexity index is 731. The van der Waals surface area contributed by atoms with Crippen LogP contribution < -0.4 is 0 Å². The SMILES string of the molecule is COC[C@@H]1C=C[C@H](N2C=NC3=C(N(C)C4CC4)CN=C(N(C)C)N=C3C2)C1. The van der Waals surface area contributed by atoms with Crippen molar-refractivity contribution in [1.29, 1.82) is 0 Å². The summed E-state index contributed by atoms with van der Waals surface area (Å²) in [6, 6.07) is 0.983. The molecule has 0 unspecified atom stereocenters. The maximum Gasteiger partial charge on any atom is 0.220 e. The van der Waals surface area contributed by atoms with E-state index in [1.165, 1.54) is 18.5 Å². The van der Waals surface area contributed by atoms with Gasteiger partial charge in [0.25, 0.3) is 0 Å². The molecule has 1 saturated carbocycles. The molecular weight excluding hydrogens is 340 g/mol. The minimum Gasteiger partial charge on any atom is -0.384 e. The predicted molar refractivity (Wildman–Crippen MR) is 109 cm³/mol. The summed E-state index contributed by atoms with van der Waals surface area (Å²) < 4.78 is 5.31. The Hall–Kier alpha value is -2.15. The molecule has 27 heavy (non-hydrogen) atoms. The van der Waals surface area contributed by atoms with E-state index in [0.29, 0.717) is 24.5 Å². The molecule has 2 atom stereocenters. The first kappa shape index (κ1) is 18.2. The summed E-state index contributed by atoms with van der Waals surface area (Å²) in [7, 11) is 7.93. The van der Waals surface area contributed by atoms with Crippen molar-refractivity contribution in [3.63, 3.8) is 0 Å². The Labute approximate surface area is 161 Å². The van der Waals surface area contributed by atoms with Gasteiger partial charge in [-0.3, -0.25) is 0 Å². The van der Waals surface area contributed by atoms with Crippen LogP contribution in [0.1, 0.15) is 19.3 Å². The summed E-state index contributed by atoms with van der Waals surface area (Å²) in [6.07, 6.45) is 10.1. The number of nitrogens with zero attached hydrogens (tertiary/aromatic N) is 6. The molecule has 7 nitrogen and oxygen atoms in total. The van der Waals surface area contributed by atoms with Gasteiger partial charge >= 0.3 is 0 Å². The standard InChI is InChI=1S/C20H30N6O/c1-24(2)20-21-10-18(25(3)15-7-8-15)19-17(23-20)11-26(13-22-19)16-6-5-14(9-16)12-27-4/h5-6,13-16H,7-12H2,1-4H3/t14-,16+/m1/s1. The zero-order valence-electron chi connectivity index (χ0n) is 16.8. The second-order valence-corrected chi connectivity index (χ2v) is 8.03. The molecule has 4 rings (SSSR count). The van der Waals surface area contributed by atoms with Crippen LogP contribution in [0, 0.1) is 5.92 Å². The van der Waals surface area contributed by atoms with Crippen molar-refractivity contribution in [3.8, 4) is 0 Å². The summed E-state index contributed by atoms with van der Waals surface area (Å²) in [6.45, 7) is 2.18. The van der Waals surface area contributed by atoms with Crippen LogP contribution in [0.15, 0.2) is 38.5 Å². The second kappa shape index (κ2) is 7.46. The zero-order valence-corrected chi connectivity index (χ0v) is 16.8. The van der Waals surface area contributed by atoms with Crippen LogP contribution in [0.2, 0.25) is 0 Å². The van der Waals surface area contributed by atoms with Gasteiger partial charge in [0.1, 0.15) is 5.70 Å². The van der Waals surface area contributed by atoms with Crippen LogP contribution in [-0.4, -0.2) is 92.7 Å². The van der Waals surface area contributed by atoms with Crippen molar-refractivity contribution in [2.75, 3.05) is 47.9 Å². The Morgan fingerprint density at radius 2 is 2.04 bits per heavy atom. The lowest BCUT2D eigenvalue weighted by atomic mass is 10.1. The van der Waals surface area contributed by atoms with Crippen molar-refractivity contribution in [2.45, 2.75) is 31.3 Å². The second-order valence-electron chi connectivity index (χ2n) is 8.03. The molecule has 0 aromatic heterocycles. The molecular formula is C20H30N6O. The normalized spacial score (nSPS) is 27.3. The first-order valence-corrected chi connectivity index (χ1v) is 9.79. The molecule has 0 bridgehead atoms. The summed E-state index contributed by atoms with van der Waals surface area (Å²) in [4.78, 5) is 21.1. The summed E-state index contributed by atoms with van der Waals surface area (Å²) >= 11 is 0. The third-order valence-corrected chi connectivity index (χ3v) is 5.70. The van der Waals surface area contributed by atoms with Gasteiger partial charge in [0.15, 0.2) is 0 Å². The van der Waals surface area contributed by atoms with Gasteiger partial charge in [-0.25, -0.2) is 15.0 Å². The van der Waals surface area contributed by atoms with Gasteiger partial charge in [-0.1, -0.05) is 12.2 Å². The van der Waals surface area contributed by atoms with Crippen molar-refractivity contribution < 1.29 is 4.74 Å². The number of ether oxygens (including phenoxy) is 1. The summed E-state index contributed by atoms with van der Waals surface area (Å²) in [5, 5.41) is 0. The number of hydrogen-bond acceptors (Lipinski definition) is 7. The fourth-order valence-corrected chi connectivity index (χ4v) is 3.94. The highest BCUT2D eigenvalue weighted by atomic mass is 16.5. The fraction of sp³-hybridized carbons (Fsp3) is 0.650. The highest BCUT2D eigenvalue weighted by molar-refractivity contribution is 6.11. The van der Waals surface area contributed by atoms with Gasteiger partial charge in [-0.2, -0.15) is 0 Å². The molecule has 0 aromatic carbocycles. The van der Waals surface area contributed by atoms with Crippen LogP contribution in [0.3, 0.4) is 0 Å². The first-order valence-electron chi connectivity index (χ1n) is 9.79. The first-order chi connectivity index (χ1) is 13.1. The van der Waals surface area contributed by atoms with Gasteiger partial charge < -0.3 is 19.4 Å². The predicted octanol–water partition coefficient (Wildman–Crippen LogP) is 1.60. The Morgan fingerprint density at radius 3 is 2.74 bits per heavy atom. The van der Waals surface area contributed by atoms with E-state index in [-0.39, 0.29) is 0 Å². The van der Waals surface area contributed by atoms with Crippen LogP contribution >= 0.6 is 0 Å². The van der Waals surface area contributed by atoms with E-state index in [1.807, 2.05) is 25.3 Å². The van der Waals surface area contributed by atoms with E-state index in [4.69, 9.17) is 19.7 Å². The molecule has 2 aliphatic heterocycles. The molecule has 0 amide bonds. The topological polar surface area (TPSA) is 56.0 Å². The molecule has 0 N–H and O–H groups in total. The molecule has 1 fully saturated rings. The minimum absolute atomic E-state index is 0.353. The van der Waals surface area contributed by atoms with Gasteiger partial charge in [-0.15, -0.1) is 0 Å². The van der Waals surface area contributed by atoms with Crippen molar-refractivity contribution in [2.24, 2.45) is 20.9 Å². The number of rotatable bonds is 5. The largest absolute Gasteiger partial charge is 0.384 e. The maximum absolute atomic E-state index is 5.31. The van der Waals surface area contributed by atoms with Gasteiger partial charge in [-0.05, 0) is 19.3 Å². The summed E-state index contributed by atoms with van der Waals surface area (Å²) in [5.74, 6) is 1.26. The average Bonchev–Trinajstić information content (AvgIpc) is 3.43. The third-order valence-electron chi connectivity index (χ3n) is 5.70. The monoisotopic (exact) mass is 370 g/mol. The molecule has 0 saturated heterocycles. The Balaban J connectivity index is 1.61. The number of hydrogen-bond donors (Lipinski definition) is 0. The minimum atomic E-state index is 0.353. The average molecular weight is 371 g/mol. The highest BCUT2D eigenvalue weighted by Gasteiger charge is 2.33. The van der Waals surface area contributed by atoms with Crippen LogP contribution in [-0.2, 0) is 4.74 Å². The lowest BCUT2D eigenvalue weighted by molar-refractivity contribution is 0.163. The third kappa shape index (κ3) is 3.78. The summed E-state index contributed by atoms with van der Waals surface area (Å²) in [5.41, 5.74) is 3.23. The molecule has 0 radical (unpaired) electrons. The van der Waals surface area contributed by atoms with Gasteiger partial charge in [0, 0.05) is 46.3 Å². The Kier molecular flexibility index (Phi) is 5.04. The van der Waals surface area contributed by atoms with E-state index in [1.54, 1.807) is 7.11 Å². The van der Waals surface area contributed by atoms with Crippen molar-refractivity contribution in [3.05, 3.63) is 23.5 Å². The van der Waals surface area contributed by atoms with Crippen LogP contribution in [0.25, 0.3) is 0 Å². The van der Waals surface area contributed by atoms with E-state index in [9.17, 15) is 0 Å². The van der Waals surface area contributed by atoms with Gasteiger partial charge in [0.05, 0.1) is 37.4 Å². The van der Waals surface area contributed by atoms with E-state index >= 15 is 0 Å². The van der Waals surface area contributed by atoms with Gasteiger partial charge in [0.2, 0.25) is 5.96 Å². The smallest absolute Gasteiger partial charge is 0.220 e. The number of aliphatic imine (C=N–C) groups is 3. The van der Waals surface area contributed by atoms with Crippen LogP contribution in [0.4, 0.5) is 0 Å². The lowest BCUT2D eigenvalue weighted by Crippen LogP contribution is -2.41. The highest BCUT2D eigenvalue weighted by Crippen LogP contribution is 2.32. The van der Waals surface area contributed by atoms with E-state index in [0.717, 1.165) is 36.9 Å². The quantitative estimate of drug-likeness (QED) is 0.690. The number of likely N-dealkylation sites (N-methyl/N-ethyl adjacent to an activating group) is 1. The number of guanidine groups is 1. The molecule has 7 heteroatoms. The Morgan fingerprint density at radius 1 is 1.22 bits per heavy atom. The molecule has 146 valence electrons. The zero-order chi connectivity index (χ0) is 19.0. The molecule has 4 aliphatic rings. The number of fused-ring (bicyclic) bond motifs is 1. The van der Waals surface area contributed by atoms with E-state index < -0.39 is 0 Å². The van der Waals surface area contributed by atoms with E-state index in [2.05, 4.69) is 29.0 Å². The lowest BCUT2D eigenvalue weighted by Gasteiger charge is -2.32. The molecule has 0 aromatic rings. The fourth-order valence-electron chi connectivity index (χ4n) is 3.94. The van der Waals surface area contributed by atoms with Crippen molar-refractivity contribution >= 4 is 18.0 Å². The number of methoxy groups -OCH3 is 1. The maximum atomic E-state index is 5.31. The van der Waals surface area contributed by atoms with Crippen LogP contribution in [0.5, 0.6) is 0 Å². The molecule has 0 spiro atoms. The van der Waals surface area contributed by atoms with Crippen molar-refractivity contribution in [1.82, 2.24) is 14.7 Å².